The molecule has 2 rings (SSSR count). The van der Waals surface area contributed by atoms with E-state index in [2.05, 4.69) is 10.6 Å². The van der Waals surface area contributed by atoms with E-state index in [0.29, 0.717) is 11.4 Å². The van der Waals surface area contributed by atoms with Crippen LogP contribution >= 0.6 is 0 Å². The van der Waals surface area contributed by atoms with Gasteiger partial charge >= 0.3 is 0 Å². The number of fused-ring (bicyclic) bond motifs is 1. The van der Waals surface area contributed by atoms with Gasteiger partial charge < -0.3 is 15.4 Å². The summed E-state index contributed by atoms with van der Waals surface area (Å²) in [4.78, 5) is 24.5. The Bertz CT molecular complexity index is 575. The summed E-state index contributed by atoms with van der Waals surface area (Å²) in [6.45, 7) is 8.96. The van der Waals surface area contributed by atoms with Crippen LogP contribution in [0.4, 0.5) is 5.69 Å². The molecule has 1 aromatic rings. The summed E-state index contributed by atoms with van der Waals surface area (Å²) in [6.07, 6.45) is 0. The van der Waals surface area contributed by atoms with Crippen molar-refractivity contribution in [3.05, 3.63) is 23.8 Å². The molecule has 1 aliphatic heterocycles. The van der Waals surface area contributed by atoms with Crippen molar-refractivity contribution >= 4 is 17.5 Å². The van der Waals surface area contributed by atoms with Gasteiger partial charge in [-0.25, -0.2) is 0 Å². The predicted molar refractivity (Wildman–Crippen MR) is 76.7 cm³/mol. The molecule has 2 N–H and O–H groups in total. The summed E-state index contributed by atoms with van der Waals surface area (Å²) in [7, 11) is 0. The van der Waals surface area contributed by atoms with Gasteiger partial charge in [-0.1, -0.05) is 6.07 Å². The maximum Gasteiger partial charge on any atom is 0.278 e. The van der Waals surface area contributed by atoms with E-state index in [4.69, 9.17) is 4.74 Å². The third-order valence-electron chi connectivity index (χ3n) is 3.05. The number of benzene rings is 1. The molecule has 0 aromatic heterocycles. The smallest absolute Gasteiger partial charge is 0.278 e. The normalized spacial score (nSPS) is 21.6. The molecule has 20 heavy (non-hydrogen) atoms. The fourth-order valence-corrected chi connectivity index (χ4v) is 1.95. The van der Waals surface area contributed by atoms with Crippen LogP contribution in [-0.2, 0) is 9.59 Å². The molecule has 1 aliphatic rings. The number of amides is 2. The van der Waals surface area contributed by atoms with Gasteiger partial charge in [-0.05, 0) is 52.3 Å². The van der Waals surface area contributed by atoms with E-state index in [1.54, 1.807) is 6.07 Å². The van der Waals surface area contributed by atoms with Crippen molar-refractivity contribution in [1.82, 2.24) is 5.32 Å². The van der Waals surface area contributed by atoms with Gasteiger partial charge in [0.05, 0.1) is 5.69 Å². The Morgan fingerprint density at radius 1 is 1.35 bits per heavy atom. The Kier molecular flexibility index (Phi) is 3.24. The number of carbonyl (C=O) groups is 2. The molecule has 0 aliphatic carbocycles. The van der Waals surface area contributed by atoms with Crippen LogP contribution < -0.4 is 15.4 Å². The van der Waals surface area contributed by atoms with E-state index in [0.717, 1.165) is 5.56 Å². The average molecular weight is 276 g/mol. The van der Waals surface area contributed by atoms with Gasteiger partial charge in [0.15, 0.2) is 0 Å². The summed E-state index contributed by atoms with van der Waals surface area (Å²) >= 11 is 0. The molecule has 0 spiro atoms. The van der Waals surface area contributed by atoms with Gasteiger partial charge in [-0.15, -0.1) is 0 Å². The van der Waals surface area contributed by atoms with Crippen molar-refractivity contribution in [2.45, 2.75) is 45.8 Å². The molecule has 0 radical (unpaired) electrons. The van der Waals surface area contributed by atoms with E-state index in [1.165, 1.54) is 6.92 Å². The lowest BCUT2D eigenvalue weighted by atomic mass is 9.99. The molecular weight excluding hydrogens is 256 g/mol. The predicted octanol–water partition coefficient (Wildman–Crippen LogP) is 2.00. The maximum atomic E-state index is 12.3. The second-order valence-electron chi connectivity index (χ2n) is 6.29. The van der Waals surface area contributed by atoms with Crippen LogP contribution in [-0.4, -0.2) is 23.0 Å². The Morgan fingerprint density at radius 3 is 2.60 bits per heavy atom. The summed E-state index contributed by atoms with van der Waals surface area (Å²) < 4.78 is 5.67. The van der Waals surface area contributed by atoms with Gasteiger partial charge in [0.25, 0.3) is 17.4 Å². The van der Waals surface area contributed by atoms with Crippen molar-refractivity contribution in [2.75, 3.05) is 5.32 Å². The second kappa shape index (κ2) is 4.51. The minimum Gasteiger partial charge on any atom is -0.466 e. The summed E-state index contributed by atoms with van der Waals surface area (Å²) in [5, 5.41) is 5.51. The standard InChI is InChI=1S/C15H20N2O3/c1-9-6-7-11-10(8-9)16-12(18)15(5,20-11)13(19)17-14(2,3)4/h6-8H,1-5H3,(H,16,18)(H,17,19). The Morgan fingerprint density at radius 2 is 2.00 bits per heavy atom. The summed E-state index contributed by atoms with van der Waals surface area (Å²) in [5.74, 6) is -0.409. The summed E-state index contributed by atoms with van der Waals surface area (Å²) in [5.41, 5.74) is -0.390. The van der Waals surface area contributed by atoms with Gasteiger partial charge in [-0.2, -0.15) is 0 Å². The lowest BCUT2D eigenvalue weighted by molar-refractivity contribution is -0.147. The van der Waals surface area contributed by atoms with Crippen molar-refractivity contribution in [3.8, 4) is 5.75 Å². The number of ether oxygens (including phenoxy) is 1. The molecular formula is C15H20N2O3. The van der Waals surface area contributed by atoms with Crippen LogP contribution in [0.25, 0.3) is 0 Å². The third kappa shape index (κ3) is 2.61. The zero-order chi connectivity index (χ0) is 15.1. The topological polar surface area (TPSA) is 67.4 Å². The van der Waals surface area contributed by atoms with E-state index < -0.39 is 23.0 Å². The minimum absolute atomic E-state index is 0.433. The monoisotopic (exact) mass is 276 g/mol. The zero-order valence-corrected chi connectivity index (χ0v) is 12.5. The van der Waals surface area contributed by atoms with Gasteiger partial charge in [0, 0.05) is 5.54 Å². The Balaban J connectivity index is 2.32. The third-order valence-corrected chi connectivity index (χ3v) is 3.05. The lowest BCUT2D eigenvalue weighted by Crippen LogP contribution is -2.61. The van der Waals surface area contributed by atoms with Gasteiger partial charge in [0.1, 0.15) is 5.75 Å². The number of hydrogen-bond acceptors (Lipinski definition) is 3. The van der Waals surface area contributed by atoms with Gasteiger partial charge in [0.2, 0.25) is 0 Å². The highest BCUT2D eigenvalue weighted by atomic mass is 16.5. The van der Waals surface area contributed by atoms with Crippen LogP contribution in [0, 0.1) is 6.92 Å². The van der Waals surface area contributed by atoms with Gasteiger partial charge in [-0.3, -0.25) is 9.59 Å². The number of nitrogens with one attached hydrogen (secondary N) is 2. The molecule has 108 valence electrons. The summed E-state index contributed by atoms with van der Waals surface area (Å²) in [6, 6.07) is 5.44. The molecule has 1 atom stereocenters. The Hall–Kier alpha value is -2.04. The highest BCUT2D eigenvalue weighted by molar-refractivity contribution is 6.15. The zero-order valence-electron chi connectivity index (χ0n) is 12.5. The van der Waals surface area contributed by atoms with Crippen molar-refractivity contribution in [3.63, 3.8) is 0 Å². The van der Waals surface area contributed by atoms with E-state index in [-0.39, 0.29) is 0 Å². The number of anilines is 1. The van der Waals surface area contributed by atoms with Crippen molar-refractivity contribution in [1.29, 1.82) is 0 Å². The quantitative estimate of drug-likeness (QED) is 0.771. The maximum absolute atomic E-state index is 12.3. The van der Waals surface area contributed by atoms with E-state index in [1.807, 2.05) is 39.8 Å². The highest BCUT2D eigenvalue weighted by Gasteiger charge is 2.48. The van der Waals surface area contributed by atoms with Crippen LogP contribution in [0.5, 0.6) is 5.75 Å². The molecule has 0 bridgehead atoms. The first-order chi connectivity index (χ1) is 9.12. The average Bonchev–Trinajstić information content (AvgIpc) is 2.29. The number of aryl methyl sites for hydroxylation is 1. The van der Waals surface area contributed by atoms with Crippen LogP contribution in [0.1, 0.15) is 33.3 Å². The number of rotatable bonds is 1. The molecule has 1 aromatic carbocycles. The second-order valence-corrected chi connectivity index (χ2v) is 6.29. The first-order valence-corrected chi connectivity index (χ1v) is 6.55. The number of hydrogen-bond donors (Lipinski definition) is 2. The van der Waals surface area contributed by atoms with E-state index >= 15 is 0 Å². The molecule has 1 unspecified atom stereocenters. The molecule has 0 saturated heterocycles. The van der Waals surface area contributed by atoms with Crippen molar-refractivity contribution < 1.29 is 14.3 Å². The molecule has 1 heterocycles. The molecule has 5 nitrogen and oxygen atoms in total. The van der Waals surface area contributed by atoms with Crippen LogP contribution in [0.15, 0.2) is 18.2 Å². The first kappa shape index (κ1) is 14.4. The number of carbonyl (C=O) groups excluding carboxylic acids is 2. The minimum atomic E-state index is -1.56. The van der Waals surface area contributed by atoms with Crippen molar-refractivity contribution in [2.24, 2.45) is 0 Å². The molecule has 0 fully saturated rings. The first-order valence-electron chi connectivity index (χ1n) is 6.55. The Labute approximate surface area is 118 Å². The molecule has 2 amide bonds. The highest BCUT2D eigenvalue weighted by Crippen LogP contribution is 2.34. The van der Waals surface area contributed by atoms with Crippen LogP contribution in [0.3, 0.4) is 0 Å². The largest absolute Gasteiger partial charge is 0.466 e. The fourth-order valence-electron chi connectivity index (χ4n) is 1.95. The fraction of sp³-hybridized carbons (Fsp3) is 0.467. The van der Waals surface area contributed by atoms with Crippen LogP contribution in [0.2, 0.25) is 0 Å². The SMILES string of the molecule is Cc1ccc2c(c1)NC(=O)C(C)(C(=O)NC(C)(C)C)O2. The van der Waals surface area contributed by atoms with E-state index in [9.17, 15) is 9.59 Å². The lowest BCUT2D eigenvalue weighted by Gasteiger charge is -2.35. The molecule has 0 saturated carbocycles. The molecule has 5 heteroatoms.